The highest BCUT2D eigenvalue weighted by atomic mass is 127. The lowest BCUT2D eigenvalue weighted by atomic mass is 10.1. The third-order valence-electron chi connectivity index (χ3n) is 2.19. The van der Waals surface area contributed by atoms with E-state index in [0.717, 1.165) is 8.96 Å². The van der Waals surface area contributed by atoms with Crippen molar-refractivity contribution in [1.29, 1.82) is 0 Å². The lowest BCUT2D eigenvalue weighted by molar-refractivity contribution is 0.146. The van der Waals surface area contributed by atoms with E-state index < -0.39 is 6.43 Å². The van der Waals surface area contributed by atoms with Gasteiger partial charge in [-0.2, -0.15) is 0 Å². The van der Waals surface area contributed by atoms with Crippen LogP contribution in [0.2, 0.25) is 0 Å². The number of anilines is 1. The van der Waals surface area contributed by atoms with Crippen molar-refractivity contribution < 1.29 is 8.78 Å². The molecule has 1 heterocycles. The molecule has 0 spiro atoms. The molecular formula is C10H8F2IN3. The molecule has 6 heteroatoms. The summed E-state index contributed by atoms with van der Waals surface area (Å²) in [6.07, 6.45) is -2.60. The van der Waals surface area contributed by atoms with Crippen molar-refractivity contribution in [2.75, 3.05) is 5.43 Å². The Kier molecular flexibility index (Phi) is 3.20. The van der Waals surface area contributed by atoms with Crippen LogP contribution >= 0.6 is 22.6 Å². The number of nitrogens with one attached hydrogen (secondary N) is 1. The van der Waals surface area contributed by atoms with E-state index in [4.69, 9.17) is 5.84 Å². The Hall–Kier alpha value is -1.02. The van der Waals surface area contributed by atoms with Crippen molar-refractivity contribution in [1.82, 2.24) is 4.98 Å². The van der Waals surface area contributed by atoms with Gasteiger partial charge in [-0.25, -0.2) is 13.8 Å². The van der Waals surface area contributed by atoms with Crippen molar-refractivity contribution in [3.05, 3.63) is 33.5 Å². The predicted molar refractivity (Wildman–Crippen MR) is 67.2 cm³/mol. The lowest BCUT2D eigenvalue weighted by Crippen LogP contribution is -2.08. The molecule has 0 bridgehead atoms. The normalized spacial score (nSPS) is 11.1. The molecule has 0 saturated carbocycles. The van der Waals surface area contributed by atoms with Crippen LogP contribution in [0.5, 0.6) is 0 Å². The van der Waals surface area contributed by atoms with Crippen LogP contribution in [0.25, 0.3) is 10.9 Å². The summed E-state index contributed by atoms with van der Waals surface area (Å²) in [6, 6.07) is 6.69. The number of halogens is 3. The zero-order valence-electron chi connectivity index (χ0n) is 8.05. The summed E-state index contributed by atoms with van der Waals surface area (Å²) in [5.74, 6) is 5.31. The topological polar surface area (TPSA) is 50.9 Å². The van der Waals surface area contributed by atoms with Gasteiger partial charge in [-0.3, -0.25) is 5.84 Å². The maximum absolute atomic E-state index is 12.6. The second kappa shape index (κ2) is 4.46. The van der Waals surface area contributed by atoms with E-state index >= 15 is 0 Å². The molecular weight excluding hydrogens is 327 g/mol. The van der Waals surface area contributed by atoms with Crippen molar-refractivity contribution >= 4 is 39.2 Å². The van der Waals surface area contributed by atoms with Crippen LogP contribution in [0.1, 0.15) is 12.1 Å². The smallest absolute Gasteiger partial charge is 0.280 e. The van der Waals surface area contributed by atoms with Crippen molar-refractivity contribution in [2.45, 2.75) is 6.43 Å². The molecule has 3 nitrogen and oxygen atoms in total. The third kappa shape index (κ3) is 1.94. The van der Waals surface area contributed by atoms with Crippen molar-refractivity contribution in [3.63, 3.8) is 0 Å². The molecule has 16 heavy (non-hydrogen) atoms. The van der Waals surface area contributed by atoms with Crippen LogP contribution < -0.4 is 11.3 Å². The van der Waals surface area contributed by atoms with Crippen LogP contribution in [0.3, 0.4) is 0 Å². The van der Waals surface area contributed by atoms with Crippen molar-refractivity contribution in [2.24, 2.45) is 5.84 Å². The fourth-order valence-corrected chi connectivity index (χ4v) is 2.08. The summed E-state index contributed by atoms with van der Waals surface area (Å²) < 4.78 is 26.0. The van der Waals surface area contributed by atoms with Gasteiger partial charge >= 0.3 is 0 Å². The minimum Gasteiger partial charge on any atom is -0.323 e. The Bertz CT molecular complexity index is 531. The largest absolute Gasteiger partial charge is 0.323 e. The Balaban J connectivity index is 2.79. The van der Waals surface area contributed by atoms with Crippen molar-refractivity contribution in [3.8, 4) is 0 Å². The summed E-state index contributed by atoms with van der Waals surface area (Å²) in [5.41, 5.74) is 3.14. The molecule has 0 atom stereocenters. The summed E-state index contributed by atoms with van der Waals surface area (Å²) in [7, 11) is 0. The average molecular weight is 335 g/mol. The number of hydrazine groups is 1. The molecule has 3 N–H and O–H groups in total. The number of fused-ring (bicyclic) bond motifs is 1. The molecule has 0 amide bonds. The number of pyridine rings is 1. The van der Waals surface area contributed by atoms with Gasteiger partial charge in [0.2, 0.25) is 0 Å². The van der Waals surface area contributed by atoms with E-state index in [9.17, 15) is 8.78 Å². The van der Waals surface area contributed by atoms with Crippen LogP contribution in [0.4, 0.5) is 14.5 Å². The Morgan fingerprint density at radius 2 is 2.12 bits per heavy atom. The van der Waals surface area contributed by atoms with Gasteiger partial charge in [-0.05, 0) is 34.7 Å². The van der Waals surface area contributed by atoms with E-state index in [1.807, 2.05) is 12.1 Å². The maximum Gasteiger partial charge on any atom is 0.280 e. The number of benzene rings is 1. The first-order chi connectivity index (χ1) is 7.63. The number of nitrogens with two attached hydrogens (primary N) is 1. The van der Waals surface area contributed by atoms with Crippen LogP contribution in [0.15, 0.2) is 24.3 Å². The summed E-state index contributed by atoms with van der Waals surface area (Å²) in [4.78, 5) is 3.93. The number of aromatic nitrogens is 1. The number of rotatable bonds is 2. The first-order valence-corrected chi connectivity index (χ1v) is 5.55. The van der Waals surface area contributed by atoms with E-state index in [0.29, 0.717) is 11.2 Å². The average Bonchev–Trinajstić information content (AvgIpc) is 2.28. The molecule has 1 aromatic heterocycles. The highest BCUT2D eigenvalue weighted by molar-refractivity contribution is 14.1. The molecule has 1 aromatic carbocycles. The quantitative estimate of drug-likeness (QED) is 0.504. The number of hydrogen-bond acceptors (Lipinski definition) is 3. The molecule has 0 fully saturated rings. The predicted octanol–water partition coefficient (Wildman–Crippen LogP) is 3.06. The minimum atomic E-state index is -2.60. The van der Waals surface area contributed by atoms with E-state index in [2.05, 4.69) is 33.0 Å². The van der Waals surface area contributed by atoms with Gasteiger partial charge in [0.05, 0.1) is 11.2 Å². The molecule has 0 radical (unpaired) electrons. The number of nitrogens with zero attached hydrogens (tertiary/aromatic N) is 1. The zero-order chi connectivity index (χ0) is 11.7. The van der Waals surface area contributed by atoms with Gasteiger partial charge in [0.1, 0.15) is 5.69 Å². The van der Waals surface area contributed by atoms with Gasteiger partial charge in [0.25, 0.3) is 6.43 Å². The SMILES string of the molecule is NNc1cc(C(F)F)nc2c(I)cccc12. The van der Waals surface area contributed by atoms with Crippen LogP contribution in [0, 0.1) is 3.57 Å². The van der Waals surface area contributed by atoms with Gasteiger partial charge in [0, 0.05) is 8.96 Å². The fourth-order valence-electron chi connectivity index (χ4n) is 1.46. The summed E-state index contributed by atoms with van der Waals surface area (Å²) >= 11 is 2.06. The summed E-state index contributed by atoms with van der Waals surface area (Å²) in [5, 5.41) is 0.735. The second-order valence-corrected chi connectivity index (χ2v) is 4.34. The molecule has 84 valence electrons. The third-order valence-corrected chi connectivity index (χ3v) is 3.06. The Morgan fingerprint density at radius 1 is 1.38 bits per heavy atom. The molecule has 2 rings (SSSR count). The maximum atomic E-state index is 12.6. The Morgan fingerprint density at radius 3 is 2.75 bits per heavy atom. The highest BCUT2D eigenvalue weighted by Crippen LogP contribution is 2.29. The number of hydrogen-bond donors (Lipinski definition) is 2. The molecule has 2 aromatic rings. The van der Waals surface area contributed by atoms with E-state index in [1.165, 1.54) is 6.07 Å². The Labute approximate surface area is 104 Å². The van der Waals surface area contributed by atoms with Crippen LogP contribution in [-0.2, 0) is 0 Å². The molecule has 0 aliphatic heterocycles. The van der Waals surface area contributed by atoms with Gasteiger partial charge in [-0.1, -0.05) is 12.1 Å². The highest BCUT2D eigenvalue weighted by Gasteiger charge is 2.13. The number of alkyl halides is 2. The minimum absolute atomic E-state index is 0.274. The second-order valence-electron chi connectivity index (χ2n) is 3.18. The van der Waals surface area contributed by atoms with E-state index in [1.54, 1.807) is 6.07 Å². The van der Waals surface area contributed by atoms with Gasteiger partial charge in [-0.15, -0.1) is 0 Å². The van der Waals surface area contributed by atoms with Crippen LogP contribution in [-0.4, -0.2) is 4.98 Å². The molecule has 0 aliphatic carbocycles. The van der Waals surface area contributed by atoms with Gasteiger partial charge < -0.3 is 5.43 Å². The monoisotopic (exact) mass is 335 g/mol. The number of nitrogen functional groups attached to an aromatic ring is 1. The first kappa shape index (κ1) is 11.5. The zero-order valence-corrected chi connectivity index (χ0v) is 10.2. The standard InChI is InChI=1S/C10H8F2IN3/c11-10(12)8-4-7(16-14)5-2-1-3-6(13)9(5)15-8/h1-4,10H,14H2,(H,15,16). The fraction of sp³-hybridized carbons (Fsp3) is 0.100. The number of para-hydroxylation sites is 1. The van der Waals surface area contributed by atoms with E-state index in [-0.39, 0.29) is 5.69 Å². The summed E-state index contributed by atoms with van der Waals surface area (Å²) in [6.45, 7) is 0. The molecule has 0 unspecified atom stereocenters. The molecule has 0 aliphatic rings. The first-order valence-electron chi connectivity index (χ1n) is 4.47. The molecule has 0 saturated heterocycles. The van der Waals surface area contributed by atoms with Gasteiger partial charge in [0.15, 0.2) is 0 Å². The lowest BCUT2D eigenvalue weighted by Gasteiger charge is -2.09.